The maximum Gasteiger partial charge on any atom is 0.234 e. The summed E-state index contributed by atoms with van der Waals surface area (Å²) in [7, 11) is 3.25. The Morgan fingerprint density at radius 1 is 1.00 bits per heavy atom. The van der Waals surface area contributed by atoms with Gasteiger partial charge in [0.1, 0.15) is 0 Å². The highest BCUT2D eigenvalue weighted by molar-refractivity contribution is 5.78. The van der Waals surface area contributed by atoms with Gasteiger partial charge in [-0.25, -0.2) is 0 Å². The van der Waals surface area contributed by atoms with Crippen LogP contribution >= 0.6 is 0 Å². The molecule has 6 heteroatoms. The van der Waals surface area contributed by atoms with E-state index in [0.717, 1.165) is 25.1 Å². The van der Waals surface area contributed by atoms with Gasteiger partial charge in [-0.05, 0) is 41.8 Å². The van der Waals surface area contributed by atoms with Gasteiger partial charge in [-0.3, -0.25) is 9.69 Å². The third kappa shape index (κ3) is 4.75. The number of nitrogens with one attached hydrogen (secondary N) is 1. The van der Waals surface area contributed by atoms with Gasteiger partial charge in [0.25, 0.3) is 0 Å². The molecular weight excluding hydrogens is 390 g/mol. The summed E-state index contributed by atoms with van der Waals surface area (Å²) in [5.74, 6) is 1.45. The fraction of sp³-hybridized carbons (Fsp3) is 0.320. The number of rotatable bonds is 8. The van der Waals surface area contributed by atoms with Crippen molar-refractivity contribution in [3.05, 3.63) is 83.7 Å². The van der Waals surface area contributed by atoms with Gasteiger partial charge in [-0.1, -0.05) is 36.4 Å². The molecule has 2 heterocycles. The van der Waals surface area contributed by atoms with Gasteiger partial charge in [0.2, 0.25) is 5.91 Å². The summed E-state index contributed by atoms with van der Waals surface area (Å²) in [6.45, 7) is 2.68. The number of ether oxygens (including phenoxy) is 2. The van der Waals surface area contributed by atoms with E-state index in [-0.39, 0.29) is 11.9 Å². The Kier molecular flexibility index (Phi) is 6.57. The van der Waals surface area contributed by atoms with Gasteiger partial charge in [-0.2, -0.15) is 0 Å². The zero-order valence-electron chi connectivity index (χ0n) is 18.1. The average Bonchev–Trinajstić information content (AvgIpc) is 3.28. The van der Waals surface area contributed by atoms with Crippen molar-refractivity contribution in [2.75, 3.05) is 33.9 Å². The quantitative estimate of drug-likeness (QED) is 0.609. The highest BCUT2D eigenvalue weighted by Crippen LogP contribution is 2.32. The molecule has 1 amide bonds. The zero-order valence-corrected chi connectivity index (χ0v) is 18.1. The van der Waals surface area contributed by atoms with Crippen LogP contribution in [0.25, 0.3) is 0 Å². The predicted octanol–water partition coefficient (Wildman–Crippen LogP) is 3.27. The molecule has 162 valence electrons. The Balaban J connectivity index is 1.38. The van der Waals surface area contributed by atoms with Crippen LogP contribution in [-0.4, -0.2) is 49.2 Å². The Morgan fingerprint density at radius 2 is 1.81 bits per heavy atom. The van der Waals surface area contributed by atoms with E-state index in [1.54, 1.807) is 14.2 Å². The molecule has 0 saturated heterocycles. The van der Waals surface area contributed by atoms with Gasteiger partial charge in [0.05, 0.1) is 26.8 Å². The second-order valence-electron chi connectivity index (χ2n) is 7.70. The van der Waals surface area contributed by atoms with Gasteiger partial charge in [-0.15, -0.1) is 0 Å². The van der Waals surface area contributed by atoms with Crippen LogP contribution in [-0.2, 0) is 17.8 Å². The molecule has 1 aliphatic heterocycles. The molecule has 1 aromatic heterocycles. The molecule has 3 aromatic rings. The van der Waals surface area contributed by atoms with E-state index in [0.29, 0.717) is 24.6 Å². The molecule has 31 heavy (non-hydrogen) atoms. The summed E-state index contributed by atoms with van der Waals surface area (Å²) in [4.78, 5) is 15.0. The standard InChI is InChI=1S/C25H29N3O3/c1-30-22-11-10-19(17-23(22)31-2)12-13-26-24(29)18-28-16-15-27-14-6-9-21(27)25(28)20-7-4-3-5-8-20/h3-11,14,17,25H,12-13,15-16,18H2,1-2H3,(H,26,29). The van der Waals surface area contributed by atoms with Gasteiger partial charge in [0.15, 0.2) is 11.5 Å². The van der Waals surface area contributed by atoms with Crippen molar-refractivity contribution in [3.8, 4) is 11.5 Å². The number of hydrogen-bond acceptors (Lipinski definition) is 4. The summed E-state index contributed by atoms with van der Waals surface area (Å²) < 4.78 is 12.9. The van der Waals surface area contributed by atoms with Crippen molar-refractivity contribution in [2.24, 2.45) is 0 Å². The minimum atomic E-state index is 0.0430. The normalized spacial score (nSPS) is 15.9. The molecule has 0 bridgehead atoms. The Labute approximate surface area is 183 Å². The summed E-state index contributed by atoms with van der Waals surface area (Å²) in [6.07, 6.45) is 2.85. The van der Waals surface area contributed by atoms with Crippen LogP contribution in [0.5, 0.6) is 11.5 Å². The largest absolute Gasteiger partial charge is 0.493 e. The third-order valence-corrected chi connectivity index (χ3v) is 5.78. The molecule has 2 aromatic carbocycles. The number of methoxy groups -OCH3 is 2. The first-order valence-electron chi connectivity index (χ1n) is 10.6. The van der Waals surface area contributed by atoms with Crippen molar-refractivity contribution in [2.45, 2.75) is 19.0 Å². The fourth-order valence-electron chi connectivity index (χ4n) is 4.24. The maximum absolute atomic E-state index is 12.7. The van der Waals surface area contributed by atoms with Gasteiger partial charge < -0.3 is 19.4 Å². The lowest BCUT2D eigenvalue weighted by molar-refractivity contribution is -0.122. The monoisotopic (exact) mass is 419 g/mol. The molecule has 1 atom stereocenters. The maximum atomic E-state index is 12.7. The molecule has 0 aliphatic carbocycles. The lowest BCUT2D eigenvalue weighted by atomic mass is 10.00. The van der Waals surface area contributed by atoms with E-state index in [9.17, 15) is 4.79 Å². The topological polar surface area (TPSA) is 55.7 Å². The van der Waals surface area contributed by atoms with E-state index in [1.165, 1.54) is 11.3 Å². The van der Waals surface area contributed by atoms with Crippen LogP contribution in [0.2, 0.25) is 0 Å². The van der Waals surface area contributed by atoms with Crippen molar-refractivity contribution in [3.63, 3.8) is 0 Å². The van der Waals surface area contributed by atoms with E-state index in [4.69, 9.17) is 9.47 Å². The van der Waals surface area contributed by atoms with Crippen LogP contribution in [0.1, 0.15) is 22.9 Å². The molecule has 6 nitrogen and oxygen atoms in total. The van der Waals surface area contributed by atoms with Crippen LogP contribution in [0.15, 0.2) is 66.9 Å². The van der Waals surface area contributed by atoms with Crippen LogP contribution in [0.3, 0.4) is 0 Å². The minimum Gasteiger partial charge on any atom is -0.493 e. The van der Waals surface area contributed by atoms with Crippen LogP contribution in [0, 0.1) is 0 Å². The second-order valence-corrected chi connectivity index (χ2v) is 7.70. The van der Waals surface area contributed by atoms with Crippen molar-refractivity contribution < 1.29 is 14.3 Å². The smallest absolute Gasteiger partial charge is 0.234 e. The molecule has 0 fully saturated rings. The first-order valence-corrected chi connectivity index (χ1v) is 10.6. The number of hydrogen-bond donors (Lipinski definition) is 1. The average molecular weight is 420 g/mol. The summed E-state index contributed by atoms with van der Waals surface area (Å²) in [5, 5.41) is 3.07. The van der Waals surface area contributed by atoms with E-state index < -0.39 is 0 Å². The molecule has 1 aliphatic rings. The van der Waals surface area contributed by atoms with Crippen molar-refractivity contribution >= 4 is 5.91 Å². The number of carbonyl (C=O) groups excluding carboxylic acids is 1. The number of benzene rings is 2. The SMILES string of the molecule is COc1ccc(CCNC(=O)CN2CCn3cccc3C2c2ccccc2)cc1OC. The summed E-state index contributed by atoms with van der Waals surface area (Å²) in [5.41, 5.74) is 3.53. The number of aromatic nitrogens is 1. The Morgan fingerprint density at radius 3 is 2.58 bits per heavy atom. The van der Waals surface area contributed by atoms with Crippen molar-refractivity contribution in [1.82, 2.24) is 14.8 Å². The number of fused-ring (bicyclic) bond motifs is 1. The molecule has 1 N–H and O–H groups in total. The second kappa shape index (κ2) is 9.71. The van der Waals surface area contributed by atoms with E-state index in [1.807, 2.05) is 24.3 Å². The minimum absolute atomic E-state index is 0.0430. The molecule has 0 radical (unpaired) electrons. The lowest BCUT2D eigenvalue weighted by Gasteiger charge is -2.36. The lowest BCUT2D eigenvalue weighted by Crippen LogP contribution is -2.44. The zero-order chi connectivity index (χ0) is 21.6. The van der Waals surface area contributed by atoms with Crippen LogP contribution in [0.4, 0.5) is 0 Å². The molecule has 0 spiro atoms. The van der Waals surface area contributed by atoms with E-state index in [2.05, 4.69) is 57.4 Å². The van der Waals surface area contributed by atoms with Gasteiger partial charge >= 0.3 is 0 Å². The molecular formula is C25H29N3O3. The van der Waals surface area contributed by atoms with E-state index >= 15 is 0 Å². The third-order valence-electron chi connectivity index (χ3n) is 5.78. The first-order chi connectivity index (χ1) is 15.2. The van der Waals surface area contributed by atoms with Crippen LogP contribution < -0.4 is 14.8 Å². The summed E-state index contributed by atoms with van der Waals surface area (Å²) >= 11 is 0. The van der Waals surface area contributed by atoms with Crippen molar-refractivity contribution in [1.29, 1.82) is 0 Å². The Hall–Kier alpha value is -3.25. The predicted molar refractivity (Wildman–Crippen MR) is 121 cm³/mol. The highest BCUT2D eigenvalue weighted by atomic mass is 16.5. The molecule has 4 rings (SSSR count). The number of nitrogens with zero attached hydrogens (tertiary/aromatic N) is 2. The molecule has 0 saturated carbocycles. The fourth-order valence-corrected chi connectivity index (χ4v) is 4.24. The number of amides is 1. The Bertz CT molecular complexity index is 1020. The van der Waals surface area contributed by atoms with Gasteiger partial charge in [0, 0.05) is 31.5 Å². The first kappa shape index (κ1) is 21.0. The summed E-state index contributed by atoms with van der Waals surface area (Å²) in [6, 6.07) is 20.6. The highest BCUT2D eigenvalue weighted by Gasteiger charge is 2.29. The number of carbonyl (C=O) groups is 1. The molecule has 1 unspecified atom stereocenters.